The highest BCUT2D eigenvalue weighted by Gasteiger charge is 2.08. The summed E-state index contributed by atoms with van der Waals surface area (Å²) in [4.78, 5) is 15.0. The number of nitrogen functional groups attached to an aromatic ring is 1. The van der Waals surface area contributed by atoms with Crippen LogP contribution in [-0.4, -0.2) is 55.1 Å². The van der Waals surface area contributed by atoms with Gasteiger partial charge in [0.1, 0.15) is 11.5 Å². The van der Waals surface area contributed by atoms with Crippen LogP contribution >= 0.6 is 0 Å². The van der Waals surface area contributed by atoms with Gasteiger partial charge in [0.25, 0.3) is 0 Å². The van der Waals surface area contributed by atoms with E-state index < -0.39 is 0 Å². The lowest BCUT2D eigenvalue weighted by atomic mass is 10.1. The minimum atomic E-state index is 0.250. The second-order valence-corrected chi connectivity index (χ2v) is 6.48. The van der Waals surface area contributed by atoms with Crippen LogP contribution in [0.2, 0.25) is 0 Å². The Labute approximate surface area is 166 Å². The van der Waals surface area contributed by atoms with Crippen LogP contribution in [0.1, 0.15) is 24.5 Å². The van der Waals surface area contributed by atoms with E-state index in [-0.39, 0.29) is 6.01 Å². The van der Waals surface area contributed by atoms with Gasteiger partial charge in [0.05, 0.1) is 12.8 Å². The van der Waals surface area contributed by atoms with E-state index in [0.717, 1.165) is 25.3 Å². The average molecular weight is 387 g/mol. The zero-order valence-electron chi connectivity index (χ0n) is 17.1. The molecule has 0 saturated heterocycles. The third-order valence-electron chi connectivity index (χ3n) is 4.16. The maximum atomic E-state index is 6.01. The monoisotopic (exact) mass is 386 g/mol. The number of amidine groups is 1. The first-order chi connectivity index (χ1) is 13.5. The van der Waals surface area contributed by atoms with Crippen LogP contribution in [0.25, 0.3) is 0 Å². The number of aromatic nitrogens is 2. The lowest BCUT2D eigenvalue weighted by molar-refractivity contribution is 0.169. The highest BCUT2D eigenvalue weighted by Crippen LogP contribution is 2.21. The summed E-state index contributed by atoms with van der Waals surface area (Å²) in [6.07, 6.45) is 2.34. The molecule has 0 spiro atoms. The molecule has 0 fully saturated rings. The van der Waals surface area contributed by atoms with Gasteiger partial charge >= 0.3 is 6.01 Å². The van der Waals surface area contributed by atoms with E-state index in [1.54, 1.807) is 13.3 Å². The molecule has 8 nitrogen and oxygen atoms in total. The number of nitrogens with zero attached hydrogens (tertiary/aromatic N) is 4. The van der Waals surface area contributed by atoms with Crippen LogP contribution in [0.4, 0.5) is 11.5 Å². The van der Waals surface area contributed by atoms with Gasteiger partial charge < -0.3 is 25.4 Å². The van der Waals surface area contributed by atoms with E-state index in [4.69, 9.17) is 15.2 Å². The first kappa shape index (κ1) is 21.6. The van der Waals surface area contributed by atoms with Gasteiger partial charge in [0.2, 0.25) is 0 Å². The molecule has 2 aromatic rings. The number of ether oxygens (including phenoxy) is 2. The van der Waals surface area contributed by atoms with Crippen molar-refractivity contribution in [3.05, 3.63) is 41.6 Å². The van der Waals surface area contributed by atoms with Crippen molar-refractivity contribution in [3.8, 4) is 6.01 Å². The molecule has 0 atom stereocenters. The van der Waals surface area contributed by atoms with Gasteiger partial charge in [-0.25, -0.2) is 9.98 Å². The molecule has 3 N–H and O–H groups in total. The number of benzene rings is 1. The quantitative estimate of drug-likeness (QED) is 0.367. The van der Waals surface area contributed by atoms with E-state index >= 15 is 0 Å². The van der Waals surface area contributed by atoms with Crippen molar-refractivity contribution in [2.75, 3.05) is 40.2 Å². The minimum Gasteiger partial charge on any atom is -0.463 e. The summed E-state index contributed by atoms with van der Waals surface area (Å²) in [5, 5.41) is 3.15. The topological polar surface area (TPSA) is 97.9 Å². The van der Waals surface area contributed by atoms with Gasteiger partial charge in [0, 0.05) is 40.3 Å². The second kappa shape index (κ2) is 11.2. The first-order valence-corrected chi connectivity index (χ1v) is 9.26. The molecule has 1 aromatic heterocycles. The number of rotatable bonds is 10. The maximum absolute atomic E-state index is 6.01. The summed E-state index contributed by atoms with van der Waals surface area (Å²) in [7, 11) is 5.58. The Morgan fingerprint density at radius 1 is 1.21 bits per heavy atom. The van der Waals surface area contributed by atoms with E-state index in [2.05, 4.69) is 49.4 Å². The SMILES string of the molecule is CNCc1ccc(CN(C)C(C)=Nc2cnc(OCCCOC)nc2N)cc1. The Morgan fingerprint density at radius 2 is 1.93 bits per heavy atom. The van der Waals surface area contributed by atoms with Crippen LogP contribution in [-0.2, 0) is 17.8 Å². The van der Waals surface area contributed by atoms with E-state index in [1.807, 2.05) is 21.0 Å². The lowest BCUT2D eigenvalue weighted by Gasteiger charge is -2.19. The summed E-state index contributed by atoms with van der Waals surface area (Å²) in [6.45, 7) is 4.65. The van der Waals surface area contributed by atoms with Gasteiger partial charge in [-0.2, -0.15) is 4.98 Å². The number of hydrogen-bond acceptors (Lipinski definition) is 7. The van der Waals surface area contributed by atoms with Gasteiger partial charge in [-0.05, 0) is 25.1 Å². The molecular formula is C20H30N6O2. The fourth-order valence-corrected chi connectivity index (χ4v) is 2.51. The minimum absolute atomic E-state index is 0.250. The number of methoxy groups -OCH3 is 1. The van der Waals surface area contributed by atoms with Crippen LogP contribution in [0, 0.1) is 0 Å². The number of aliphatic imine (C=N–C) groups is 1. The summed E-state index contributed by atoms with van der Waals surface area (Å²) in [5.41, 5.74) is 9.00. The van der Waals surface area contributed by atoms with Crippen molar-refractivity contribution >= 4 is 17.3 Å². The summed E-state index contributed by atoms with van der Waals surface area (Å²) < 4.78 is 10.4. The molecule has 8 heteroatoms. The Hall–Kier alpha value is -2.71. The number of hydrogen-bond donors (Lipinski definition) is 2. The van der Waals surface area contributed by atoms with E-state index in [1.165, 1.54) is 11.1 Å². The smallest absolute Gasteiger partial charge is 0.318 e. The predicted octanol–water partition coefficient (Wildman–Crippen LogP) is 2.38. The fraction of sp³-hybridized carbons (Fsp3) is 0.450. The van der Waals surface area contributed by atoms with E-state index in [0.29, 0.717) is 24.7 Å². The van der Waals surface area contributed by atoms with Crippen LogP contribution in [0.3, 0.4) is 0 Å². The molecule has 0 saturated carbocycles. The third-order valence-corrected chi connectivity index (χ3v) is 4.16. The first-order valence-electron chi connectivity index (χ1n) is 9.26. The van der Waals surface area contributed by atoms with Gasteiger partial charge in [0.15, 0.2) is 5.82 Å². The predicted molar refractivity (Wildman–Crippen MR) is 112 cm³/mol. The van der Waals surface area contributed by atoms with Crippen molar-refractivity contribution in [1.82, 2.24) is 20.2 Å². The summed E-state index contributed by atoms with van der Waals surface area (Å²) in [6, 6.07) is 8.76. The Kier molecular flexibility index (Phi) is 8.64. The van der Waals surface area contributed by atoms with Crippen molar-refractivity contribution < 1.29 is 9.47 Å². The van der Waals surface area contributed by atoms with Gasteiger partial charge in [-0.1, -0.05) is 24.3 Å². The fourth-order valence-electron chi connectivity index (χ4n) is 2.51. The standard InChI is InChI=1S/C20H30N6O2/c1-15(26(3)14-17-8-6-16(7-9-17)12-22-2)24-18-13-23-20(25-19(18)21)28-11-5-10-27-4/h6-9,13,22H,5,10-12,14H2,1-4H3,(H2,21,23,25). The largest absolute Gasteiger partial charge is 0.463 e. The molecule has 0 aliphatic heterocycles. The van der Waals surface area contributed by atoms with Crippen molar-refractivity contribution in [1.29, 1.82) is 0 Å². The zero-order valence-corrected chi connectivity index (χ0v) is 17.1. The Morgan fingerprint density at radius 3 is 2.57 bits per heavy atom. The maximum Gasteiger partial charge on any atom is 0.318 e. The molecule has 0 radical (unpaired) electrons. The molecule has 1 aromatic carbocycles. The van der Waals surface area contributed by atoms with Crippen molar-refractivity contribution in [2.24, 2.45) is 4.99 Å². The molecule has 0 aliphatic carbocycles. The number of nitrogens with one attached hydrogen (secondary N) is 1. The molecule has 152 valence electrons. The summed E-state index contributed by atoms with van der Waals surface area (Å²) >= 11 is 0. The van der Waals surface area contributed by atoms with Gasteiger partial charge in [-0.15, -0.1) is 0 Å². The molecule has 28 heavy (non-hydrogen) atoms. The van der Waals surface area contributed by atoms with Crippen molar-refractivity contribution in [3.63, 3.8) is 0 Å². The van der Waals surface area contributed by atoms with Crippen LogP contribution in [0.5, 0.6) is 6.01 Å². The van der Waals surface area contributed by atoms with Crippen molar-refractivity contribution in [2.45, 2.75) is 26.4 Å². The molecule has 1 heterocycles. The molecule has 0 bridgehead atoms. The Balaban J connectivity index is 1.97. The highest BCUT2D eigenvalue weighted by atomic mass is 16.5. The van der Waals surface area contributed by atoms with Crippen LogP contribution < -0.4 is 15.8 Å². The van der Waals surface area contributed by atoms with Gasteiger partial charge in [-0.3, -0.25) is 0 Å². The zero-order chi connectivity index (χ0) is 20.4. The molecule has 0 unspecified atom stereocenters. The summed E-state index contributed by atoms with van der Waals surface area (Å²) in [5.74, 6) is 1.12. The molecule has 0 aliphatic rings. The third kappa shape index (κ3) is 6.79. The lowest BCUT2D eigenvalue weighted by Crippen LogP contribution is -2.23. The molecule has 0 amide bonds. The highest BCUT2D eigenvalue weighted by molar-refractivity contribution is 5.83. The normalized spacial score (nSPS) is 11.5. The number of anilines is 1. The number of nitrogens with two attached hydrogens (primary N) is 1. The van der Waals surface area contributed by atoms with E-state index in [9.17, 15) is 0 Å². The average Bonchev–Trinajstić information content (AvgIpc) is 2.69. The second-order valence-electron chi connectivity index (χ2n) is 6.48. The molecule has 2 rings (SSSR count). The molecular weight excluding hydrogens is 356 g/mol. The Bertz CT molecular complexity index is 764. The van der Waals surface area contributed by atoms with Crippen LogP contribution in [0.15, 0.2) is 35.5 Å².